The third-order valence-electron chi connectivity index (χ3n) is 3.10. The number of nitrogens with two attached hydrogens (primary N) is 1. The maximum absolute atomic E-state index is 12.0. The molecule has 1 atom stereocenters. The molecule has 11 heteroatoms. The number of anilines is 1. The molecule has 0 aliphatic carbocycles. The number of H-pyrrole nitrogens is 1. The van der Waals surface area contributed by atoms with Crippen LogP contribution < -0.4 is 10.0 Å². The van der Waals surface area contributed by atoms with Crippen molar-refractivity contribution < 1.29 is 13.2 Å². The fraction of sp³-hybridized carbons (Fsp3) is 0.333. The molecule has 0 bridgehead atoms. The lowest BCUT2D eigenvalue weighted by Crippen LogP contribution is -2.32. The highest BCUT2D eigenvalue weighted by molar-refractivity contribution is 14.1. The van der Waals surface area contributed by atoms with Gasteiger partial charge in [-0.25, -0.2) is 23.5 Å². The van der Waals surface area contributed by atoms with Gasteiger partial charge in [0.2, 0.25) is 15.9 Å². The lowest BCUT2D eigenvalue weighted by Gasteiger charge is -2.15. The van der Waals surface area contributed by atoms with Gasteiger partial charge in [-0.2, -0.15) is 5.10 Å². The molecule has 106 valence electrons. The monoisotopic (exact) mass is 408 g/mol. The Kier molecular flexibility index (Phi) is 3.13. The topological polar surface area (TPSA) is 135 Å². The average molecular weight is 408 g/mol. The summed E-state index contributed by atoms with van der Waals surface area (Å²) >= 11 is 2.01. The number of carbonyl (C=O) groups excluding carboxylic acids is 1. The Hall–Kier alpha value is -1.34. The number of amides is 1. The molecule has 9 nitrogen and oxygen atoms in total. The Morgan fingerprint density at radius 1 is 1.45 bits per heavy atom. The third kappa shape index (κ3) is 2.14. The van der Waals surface area contributed by atoms with Gasteiger partial charge < -0.3 is 0 Å². The van der Waals surface area contributed by atoms with Crippen molar-refractivity contribution in [2.45, 2.75) is 11.7 Å². The Morgan fingerprint density at radius 3 is 2.85 bits per heavy atom. The molecule has 1 fully saturated rings. The van der Waals surface area contributed by atoms with E-state index in [1.807, 2.05) is 22.6 Å². The second-order valence-electron chi connectivity index (χ2n) is 4.35. The molecular weight excluding hydrogens is 399 g/mol. The first-order valence-corrected chi connectivity index (χ1v) is 8.23. The first-order valence-electron chi connectivity index (χ1n) is 5.54. The molecule has 2 aromatic rings. The number of primary sulfonamides is 1. The lowest BCUT2D eigenvalue weighted by atomic mass is 10.3. The van der Waals surface area contributed by atoms with E-state index in [-0.39, 0.29) is 18.9 Å². The van der Waals surface area contributed by atoms with Crippen LogP contribution in [0.5, 0.6) is 0 Å². The van der Waals surface area contributed by atoms with Crippen molar-refractivity contribution in [1.29, 1.82) is 0 Å². The molecule has 1 saturated heterocycles. The van der Waals surface area contributed by atoms with E-state index >= 15 is 0 Å². The van der Waals surface area contributed by atoms with Crippen LogP contribution in [0.4, 0.5) is 5.82 Å². The minimum absolute atomic E-state index is 0.00889. The van der Waals surface area contributed by atoms with Crippen LogP contribution in [0, 0.1) is 3.70 Å². The number of aromatic nitrogens is 4. The van der Waals surface area contributed by atoms with Crippen LogP contribution in [-0.2, 0) is 14.8 Å². The van der Waals surface area contributed by atoms with Crippen LogP contribution in [-0.4, -0.2) is 46.3 Å². The molecule has 3 heterocycles. The summed E-state index contributed by atoms with van der Waals surface area (Å²) in [5, 5.41) is 11.5. The van der Waals surface area contributed by atoms with E-state index in [0.29, 0.717) is 20.6 Å². The number of aromatic amines is 1. The van der Waals surface area contributed by atoms with Crippen molar-refractivity contribution >= 4 is 55.4 Å². The zero-order valence-corrected chi connectivity index (χ0v) is 12.9. The van der Waals surface area contributed by atoms with Gasteiger partial charge in [0.1, 0.15) is 15.3 Å². The number of hydrogen-bond donors (Lipinski definition) is 2. The molecule has 3 N–H and O–H groups in total. The minimum atomic E-state index is -3.76. The number of carbonyl (C=O) groups is 1. The normalized spacial score (nSPS) is 20.0. The number of nitrogens with zero attached hydrogens (tertiary/aromatic N) is 4. The van der Waals surface area contributed by atoms with Crippen molar-refractivity contribution in [2.24, 2.45) is 5.14 Å². The van der Waals surface area contributed by atoms with Gasteiger partial charge in [0.25, 0.3) is 0 Å². The summed E-state index contributed by atoms with van der Waals surface area (Å²) in [5.41, 5.74) is 0.422. The SMILES string of the molecule is NS(=O)(=O)C1CC(=O)N(c2ncnc3n[nH]c(I)c23)C1. The van der Waals surface area contributed by atoms with Crippen LogP contribution in [0.2, 0.25) is 0 Å². The Bertz CT molecular complexity index is 803. The number of rotatable bonds is 2. The maximum atomic E-state index is 12.0. The molecule has 0 saturated carbocycles. The fourth-order valence-corrected chi connectivity index (χ4v) is 3.45. The number of hydrogen-bond acceptors (Lipinski definition) is 6. The first-order chi connectivity index (χ1) is 9.38. The lowest BCUT2D eigenvalue weighted by molar-refractivity contribution is -0.117. The molecular formula is C9H9IN6O3S. The van der Waals surface area contributed by atoms with Crippen molar-refractivity contribution in [1.82, 2.24) is 20.2 Å². The van der Waals surface area contributed by atoms with Crippen LogP contribution in [0.25, 0.3) is 11.0 Å². The van der Waals surface area contributed by atoms with Gasteiger partial charge in [0.15, 0.2) is 11.5 Å². The highest BCUT2D eigenvalue weighted by Crippen LogP contribution is 2.30. The highest BCUT2D eigenvalue weighted by atomic mass is 127. The van der Waals surface area contributed by atoms with Gasteiger partial charge in [-0.15, -0.1) is 0 Å². The van der Waals surface area contributed by atoms with E-state index in [0.717, 1.165) is 0 Å². The quantitative estimate of drug-likeness (QED) is 0.635. The van der Waals surface area contributed by atoms with Gasteiger partial charge in [-0.1, -0.05) is 0 Å². The molecule has 2 aromatic heterocycles. The minimum Gasteiger partial charge on any atom is -0.295 e. The summed E-state index contributed by atoms with van der Waals surface area (Å²) in [6.07, 6.45) is 1.14. The second-order valence-corrected chi connectivity index (χ2v) is 7.28. The predicted molar refractivity (Wildman–Crippen MR) is 78.3 cm³/mol. The predicted octanol–water partition coefficient (Wildman–Crippen LogP) is -0.649. The molecule has 0 aromatic carbocycles. The van der Waals surface area contributed by atoms with Crippen molar-refractivity contribution in [3.8, 4) is 0 Å². The van der Waals surface area contributed by atoms with Gasteiger partial charge in [-0.05, 0) is 22.6 Å². The number of sulfonamides is 1. The largest absolute Gasteiger partial charge is 0.295 e. The van der Waals surface area contributed by atoms with Crippen LogP contribution in [0.1, 0.15) is 6.42 Å². The number of nitrogens with one attached hydrogen (secondary N) is 1. The van der Waals surface area contributed by atoms with E-state index in [1.165, 1.54) is 11.2 Å². The molecule has 1 aliphatic rings. The van der Waals surface area contributed by atoms with Crippen molar-refractivity contribution in [3.63, 3.8) is 0 Å². The van der Waals surface area contributed by atoms with Gasteiger partial charge >= 0.3 is 0 Å². The summed E-state index contributed by atoms with van der Waals surface area (Å²) in [7, 11) is -3.76. The number of fused-ring (bicyclic) bond motifs is 1. The van der Waals surface area contributed by atoms with E-state index in [9.17, 15) is 13.2 Å². The van der Waals surface area contributed by atoms with E-state index in [4.69, 9.17) is 5.14 Å². The maximum Gasteiger partial charge on any atom is 0.229 e. The van der Waals surface area contributed by atoms with Crippen LogP contribution in [0.15, 0.2) is 6.33 Å². The molecule has 20 heavy (non-hydrogen) atoms. The average Bonchev–Trinajstić information content (AvgIpc) is 2.93. The summed E-state index contributed by atoms with van der Waals surface area (Å²) in [4.78, 5) is 21.4. The number of halogens is 1. The second kappa shape index (κ2) is 4.60. The molecule has 0 spiro atoms. The molecule has 3 rings (SSSR count). The Labute approximate surface area is 127 Å². The zero-order chi connectivity index (χ0) is 14.5. The van der Waals surface area contributed by atoms with Gasteiger partial charge in [0, 0.05) is 13.0 Å². The van der Waals surface area contributed by atoms with Gasteiger partial charge in [0.05, 0.1) is 5.39 Å². The van der Waals surface area contributed by atoms with Crippen LogP contribution >= 0.6 is 22.6 Å². The van der Waals surface area contributed by atoms with Gasteiger partial charge in [-0.3, -0.25) is 14.8 Å². The highest BCUT2D eigenvalue weighted by Gasteiger charge is 2.38. The van der Waals surface area contributed by atoms with E-state index < -0.39 is 15.3 Å². The smallest absolute Gasteiger partial charge is 0.229 e. The summed E-state index contributed by atoms with van der Waals surface area (Å²) < 4.78 is 23.4. The van der Waals surface area contributed by atoms with Crippen molar-refractivity contribution in [2.75, 3.05) is 11.4 Å². The van der Waals surface area contributed by atoms with E-state index in [1.54, 1.807) is 0 Å². The Balaban J connectivity index is 2.08. The van der Waals surface area contributed by atoms with Crippen molar-refractivity contribution in [3.05, 3.63) is 10.0 Å². The molecule has 1 aliphatic heterocycles. The molecule has 1 unspecified atom stereocenters. The zero-order valence-electron chi connectivity index (χ0n) is 9.95. The molecule has 0 radical (unpaired) electrons. The summed E-state index contributed by atoms with van der Waals surface area (Å²) in [6, 6.07) is 0. The fourth-order valence-electron chi connectivity index (χ4n) is 2.11. The molecule has 1 amide bonds. The van der Waals surface area contributed by atoms with E-state index in [2.05, 4.69) is 20.2 Å². The summed E-state index contributed by atoms with van der Waals surface area (Å²) in [5.74, 6) is 0.0188. The first kappa shape index (κ1) is 13.6. The Morgan fingerprint density at radius 2 is 2.20 bits per heavy atom. The van der Waals surface area contributed by atoms with Crippen LogP contribution in [0.3, 0.4) is 0 Å². The summed E-state index contributed by atoms with van der Waals surface area (Å²) in [6.45, 7) is -0.00889. The third-order valence-corrected chi connectivity index (χ3v) is 5.12. The standard InChI is InChI=1S/C9H9IN6O3S/c10-7-6-8(15-14-7)12-3-13-9(6)16-2-4(1-5(16)17)20(11,18)19/h3-4H,1-2H2,(H2,11,18,19)(H,12,13,14,15).